The van der Waals surface area contributed by atoms with Gasteiger partial charge in [0.15, 0.2) is 6.29 Å². The molecule has 6 fully saturated rings. The summed E-state index contributed by atoms with van der Waals surface area (Å²) in [5, 5.41) is 64.5. The molecule has 0 amide bonds. The van der Waals surface area contributed by atoms with E-state index in [2.05, 4.69) is 48.5 Å². The van der Waals surface area contributed by atoms with Crippen molar-refractivity contribution in [2.75, 3.05) is 6.61 Å². The van der Waals surface area contributed by atoms with E-state index < -0.39 is 42.9 Å². The summed E-state index contributed by atoms with van der Waals surface area (Å²) in [6, 6.07) is 0. The van der Waals surface area contributed by atoms with Crippen molar-refractivity contribution >= 4 is 0 Å². The fourth-order valence-corrected chi connectivity index (χ4v) is 13.2. The van der Waals surface area contributed by atoms with Gasteiger partial charge in [-0.2, -0.15) is 0 Å². The van der Waals surface area contributed by atoms with Crippen LogP contribution in [-0.4, -0.2) is 85.8 Å². The van der Waals surface area contributed by atoms with Crippen molar-refractivity contribution in [3.05, 3.63) is 0 Å². The van der Waals surface area contributed by atoms with Crippen LogP contribution in [0.15, 0.2) is 0 Å². The van der Waals surface area contributed by atoms with E-state index in [0.29, 0.717) is 23.7 Å². The molecule has 1 aliphatic heterocycles. The van der Waals surface area contributed by atoms with Crippen LogP contribution >= 0.6 is 0 Å². The number of ether oxygens (including phenoxy) is 2. The number of aliphatic hydroxyl groups excluding tert-OH is 5. The lowest BCUT2D eigenvalue weighted by atomic mass is 9.31. The third-order valence-electron chi connectivity index (χ3n) is 16.3. The first-order chi connectivity index (χ1) is 20.3. The smallest absolute Gasteiger partial charge is 0.186 e. The molecule has 6 rings (SSSR count). The van der Waals surface area contributed by atoms with Crippen LogP contribution in [0.5, 0.6) is 0 Å². The first kappa shape index (κ1) is 33.6. The normalized spacial score (nSPS) is 60.4. The molecule has 0 aromatic heterocycles. The van der Waals surface area contributed by atoms with Gasteiger partial charge in [0.2, 0.25) is 0 Å². The van der Waals surface area contributed by atoms with E-state index in [9.17, 15) is 30.6 Å². The Labute approximate surface area is 264 Å². The molecular formula is C36H62O8. The molecule has 8 nitrogen and oxygen atoms in total. The van der Waals surface area contributed by atoms with E-state index in [4.69, 9.17) is 9.47 Å². The predicted molar refractivity (Wildman–Crippen MR) is 166 cm³/mol. The van der Waals surface area contributed by atoms with Gasteiger partial charge in [0, 0.05) is 0 Å². The van der Waals surface area contributed by atoms with Crippen LogP contribution in [0.4, 0.5) is 0 Å². The first-order valence-corrected chi connectivity index (χ1v) is 17.7. The van der Waals surface area contributed by atoms with E-state index in [1.165, 1.54) is 0 Å². The van der Waals surface area contributed by atoms with Gasteiger partial charge in [0.1, 0.15) is 24.4 Å². The first-order valence-electron chi connectivity index (χ1n) is 17.7. The van der Waals surface area contributed by atoms with Crippen molar-refractivity contribution in [2.24, 2.45) is 56.7 Å². The minimum Gasteiger partial charge on any atom is -0.394 e. The fraction of sp³-hybridized carbons (Fsp3) is 1.00. The molecule has 1 heterocycles. The summed E-state index contributed by atoms with van der Waals surface area (Å²) >= 11 is 0. The van der Waals surface area contributed by atoms with Crippen LogP contribution in [0.2, 0.25) is 0 Å². The van der Waals surface area contributed by atoms with Crippen LogP contribution in [0.1, 0.15) is 113 Å². The molecule has 0 aromatic carbocycles. The van der Waals surface area contributed by atoms with Gasteiger partial charge in [-0.25, -0.2) is 0 Å². The number of hydrogen-bond acceptors (Lipinski definition) is 8. The van der Waals surface area contributed by atoms with Crippen LogP contribution in [0.25, 0.3) is 0 Å². The van der Waals surface area contributed by atoms with E-state index in [0.717, 1.165) is 57.8 Å². The van der Waals surface area contributed by atoms with Gasteiger partial charge in [-0.05, 0) is 121 Å². The van der Waals surface area contributed by atoms with Gasteiger partial charge >= 0.3 is 0 Å². The van der Waals surface area contributed by atoms with Crippen molar-refractivity contribution < 1.29 is 40.1 Å². The Bertz CT molecular complexity index is 1090. The highest BCUT2D eigenvalue weighted by Crippen LogP contribution is 2.77. The average molecular weight is 623 g/mol. The van der Waals surface area contributed by atoms with E-state index in [1.807, 2.05) is 6.92 Å². The third-order valence-corrected chi connectivity index (χ3v) is 16.3. The van der Waals surface area contributed by atoms with Crippen LogP contribution < -0.4 is 0 Å². The summed E-state index contributed by atoms with van der Waals surface area (Å²) < 4.78 is 12.2. The van der Waals surface area contributed by atoms with Crippen LogP contribution in [0, 0.1) is 56.7 Å². The van der Waals surface area contributed by atoms with Crippen LogP contribution in [-0.2, 0) is 9.47 Å². The SMILES string of the molecule is C[C@H]1[C@H]2[C@H]3CC[C@@H]4[C@@]5(C)CC[C@H](O[C@@H]6O[C@H](CO)[C@@H](O)[C@H](O)[C@H]6O)C(C)(C)[C@@H]5CC[C@@]4(C)[C@]3(C)C[C@H](O)[C@@]2(C)CC[C@]1(C)O. The zero-order valence-electron chi connectivity index (χ0n) is 28.5. The number of aliphatic hydroxyl groups is 6. The van der Waals surface area contributed by atoms with Crippen LogP contribution in [0.3, 0.4) is 0 Å². The third kappa shape index (κ3) is 4.37. The lowest BCUT2D eigenvalue weighted by Crippen LogP contribution is -2.70. The molecule has 6 N–H and O–H groups in total. The molecule has 6 aliphatic rings. The summed E-state index contributed by atoms with van der Waals surface area (Å²) in [5.41, 5.74) is -0.970. The van der Waals surface area contributed by atoms with Gasteiger partial charge < -0.3 is 40.1 Å². The standard InChI is InChI=1S/C36H62O8/c1-19-26-20-9-10-23-32(4)13-12-25(44-30-29(41)28(40)27(39)21(18-37)43-30)31(2,3)22(32)11-14-34(23,6)35(20,7)17-24(38)33(26,5)15-16-36(19,8)42/h19-30,37-42H,9-18H2,1-8H3/t19-,20+,21+,22-,23+,24-,25-,26-,27+,28-,29+,30-,32-,33+,34+,35+,36-/m0/s1. The molecule has 5 aliphatic carbocycles. The van der Waals surface area contributed by atoms with Gasteiger partial charge in [-0.15, -0.1) is 0 Å². The highest BCUT2D eigenvalue weighted by atomic mass is 16.7. The van der Waals surface area contributed by atoms with Gasteiger partial charge in [0.05, 0.1) is 24.4 Å². The lowest BCUT2D eigenvalue weighted by Gasteiger charge is -2.74. The Morgan fingerprint density at radius 1 is 0.727 bits per heavy atom. The van der Waals surface area contributed by atoms with E-state index in [1.54, 1.807) is 0 Å². The molecular weight excluding hydrogens is 560 g/mol. The zero-order chi connectivity index (χ0) is 32.4. The minimum absolute atomic E-state index is 0.0248. The molecule has 5 saturated carbocycles. The Kier molecular flexibility index (Phi) is 8.08. The monoisotopic (exact) mass is 622 g/mol. The average Bonchev–Trinajstić information content (AvgIpc) is 2.94. The van der Waals surface area contributed by atoms with Gasteiger partial charge in [-0.3, -0.25) is 0 Å². The second kappa shape index (κ2) is 10.6. The summed E-state index contributed by atoms with van der Waals surface area (Å²) in [6.07, 6.45) is 1.77. The Hall–Kier alpha value is -0.320. The number of fused-ring (bicyclic) bond motifs is 7. The van der Waals surface area contributed by atoms with Gasteiger partial charge in [0.25, 0.3) is 0 Å². The lowest BCUT2D eigenvalue weighted by molar-refractivity contribution is -0.333. The summed E-state index contributed by atoms with van der Waals surface area (Å²) in [7, 11) is 0. The van der Waals surface area contributed by atoms with E-state index in [-0.39, 0.29) is 45.2 Å². The molecule has 44 heavy (non-hydrogen) atoms. The van der Waals surface area contributed by atoms with Crippen molar-refractivity contribution in [3.63, 3.8) is 0 Å². The minimum atomic E-state index is -1.45. The second-order valence-electron chi connectivity index (χ2n) is 18.2. The molecule has 0 spiro atoms. The topological polar surface area (TPSA) is 140 Å². The fourth-order valence-electron chi connectivity index (χ4n) is 13.2. The quantitative estimate of drug-likeness (QED) is 0.260. The maximum Gasteiger partial charge on any atom is 0.186 e. The Morgan fingerprint density at radius 3 is 2.07 bits per heavy atom. The van der Waals surface area contributed by atoms with Gasteiger partial charge in [-0.1, -0.05) is 48.5 Å². The second-order valence-corrected chi connectivity index (χ2v) is 18.2. The largest absolute Gasteiger partial charge is 0.394 e. The summed E-state index contributed by atoms with van der Waals surface area (Å²) in [5.74, 6) is 1.78. The Morgan fingerprint density at radius 2 is 1.41 bits per heavy atom. The molecule has 0 aromatic rings. The number of rotatable bonds is 3. The maximum absolute atomic E-state index is 11.9. The van der Waals surface area contributed by atoms with Crippen molar-refractivity contribution in [3.8, 4) is 0 Å². The highest BCUT2D eigenvalue weighted by Gasteiger charge is 2.72. The molecule has 0 bridgehead atoms. The van der Waals surface area contributed by atoms with Crippen molar-refractivity contribution in [1.29, 1.82) is 0 Å². The molecule has 0 unspecified atom stereocenters. The summed E-state index contributed by atoms with van der Waals surface area (Å²) in [6.45, 7) is 18.2. The summed E-state index contributed by atoms with van der Waals surface area (Å²) in [4.78, 5) is 0. The molecule has 1 saturated heterocycles. The Balaban J connectivity index is 1.27. The maximum atomic E-state index is 11.9. The van der Waals surface area contributed by atoms with Crippen molar-refractivity contribution in [1.82, 2.24) is 0 Å². The predicted octanol–water partition coefficient (Wildman–Crippen LogP) is 4.01. The highest BCUT2D eigenvalue weighted by molar-refractivity contribution is 5.20. The molecule has 254 valence electrons. The van der Waals surface area contributed by atoms with Crippen molar-refractivity contribution in [2.45, 2.75) is 162 Å². The number of hydrogen-bond donors (Lipinski definition) is 6. The molecule has 17 atom stereocenters. The molecule has 8 heteroatoms. The van der Waals surface area contributed by atoms with E-state index >= 15 is 0 Å². The molecule has 0 radical (unpaired) electrons. The zero-order valence-corrected chi connectivity index (χ0v) is 28.5.